The van der Waals surface area contributed by atoms with Crippen molar-refractivity contribution in [2.45, 2.75) is 26.7 Å². The van der Waals surface area contributed by atoms with Crippen LogP contribution in [0.2, 0.25) is 0 Å². The highest BCUT2D eigenvalue weighted by atomic mass is 16.5. The highest BCUT2D eigenvalue weighted by Gasteiger charge is 2.51. The molecule has 4 heteroatoms. The van der Waals surface area contributed by atoms with E-state index in [1.165, 1.54) is 14.2 Å². The van der Waals surface area contributed by atoms with Crippen LogP contribution >= 0.6 is 0 Å². The lowest BCUT2D eigenvalue weighted by Gasteiger charge is -2.36. The third-order valence-corrected chi connectivity index (χ3v) is 3.80. The Morgan fingerprint density at radius 2 is 1.78 bits per heavy atom. The summed E-state index contributed by atoms with van der Waals surface area (Å²) in [5.41, 5.74) is 0.946. The number of allylic oxidation sites excluding steroid dienone is 3. The maximum Gasteiger partial charge on any atom is 0.323 e. The Morgan fingerprint density at radius 1 is 1.28 bits per heavy atom. The molecule has 0 bridgehead atoms. The van der Waals surface area contributed by atoms with E-state index in [0.717, 1.165) is 11.1 Å². The van der Waals surface area contributed by atoms with Crippen LogP contribution in [0.25, 0.3) is 0 Å². The predicted octanol–water partition coefficient (Wildman–Crippen LogP) is 2.25. The van der Waals surface area contributed by atoms with Crippen molar-refractivity contribution in [1.29, 1.82) is 0 Å². The molecule has 1 aliphatic rings. The summed E-state index contributed by atoms with van der Waals surface area (Å²) in [5.74, 6) is -1.07. The van der Waals surface area contributed by atoms with Crippen LogP contribution in [0.3, 0.4) is 0 Å². The topological polar surface area (TPSA) is 52.6 Å². The van der Waals surface area contributed by atoms with Gasteiger partial charge in [-0.05, 0) is 32.6 Å². The molecule has 1 atom stereocenters. The molecular weight excluding hydrogens is 232 g/mol. The maximum atomic E-state index is 12.0. The molecule has 1 unspecified atom stereocenters. The van der Waals surface area contributed by atoms with Gasteiger partial charge in [0.15, 0.2) is 5.41 Å². The van der Waals surface area contributed by atoms with Crippen LogP contribution in [0.4, 0.5) is 0 Å². The summed E-state index contributed by atoms with van der Waals surface area (Å²) in [6.45, 7) is 7.69. The van der Waals surface area contributed by atoms with Crippen LogP contribution in [0.15, 0.2) is 23.8 Å². The van der Waals surface area contributed by atoms with E-state index in [1.54, 1.807) is 6.08 Å². The molecule has 0 heterocycles. The lowest BCUT2D eigenvalue weighted by molar-refractivity contribution is -0.170. The number of rotatable bonds is 3. The molecule has 0 radical (unpaired) electrons. The number of carbonyl (C=O) groups excluding carboxylic acids is 2. The van der Waals surface area contributed by atoms with Gasteiger partial charge in [-0.1, -0.05) is 17.2 Å². The Bertz CT molecular complexity index is 390. The molecule has 0 amide bonds. The van der Waals surface area contributed by atoms with Gasteiger partial charge in [-0.25, -0.2) is 0 Å². The van der Waals surface area contributed by atoms with Gasteiger partial charge < -0.3 is 9.47 Å². The summed E-state index contributed by atoms with van der Waals surface area (Å²) >= 11 is 0. The first kappa shape index (κ1) is 14.5. The van der Waals surface area contributed by atoms with Gasteiger partial charge in [-0.3, -0.25) is 9.59 Å². The quantitative estimate of drug-likeness (QED) is 0.439. The second kappa shape index (κ2) is 5.38. The van der Waals surface area contributed by atoms with Crippen molar-refractivity contribution < 1.29 is 19.1 Å². The molecule has 0 saturated carbocycles. The molecule has 0 aromatic heterocycles. The smallest absolute Gasteiger partial charge is 0.323 e. The normalized spacial score (nSPS) is 22.3. The van der Waals surface area contributed by atoms with Gasteiger partial charge in [0.25, 0.3) is 0 Å². The molecule has 18 heavy (non-hydrogen) atoms. The van der Waals surface area contributed by atoms with Gasteiger partial charge in [0.2, 0.25) is 0 Å². The van der Waals surface area contributed by atoms with Gasteiger partial charge in [0, 0.05) is 0 Å². The van der Waals surface area contributed by atoms with E-state index in [2.05, 4.69) is 6.58 Å². The lowest BCUT2D eigenvalue weighted by atomic mass is 9.67. The molecule has 1 aliphatic carbocycles. The van der Waals surface area contributed by atoms with Crippen LogP contribution in [0.1, 0.15) is 26.7 Å². The van der Waals surface area contributed by atoms with Crippen LogP contribution in [0, 0.1) is 11.3 Å². The summed E-state index contributed by atoms with van der Waals surface area (Å²) < 4.78 is 9.59. The second-order valence-electron chi connectivity index (χ2n) is 4.75. The van der Waals surface area contributed by atoms with Crippen LogP contribution in [0.5, 0.6) is 0 Å². The predicted molar refractivity (Wildman–Crippen MR) is 67.8 cm³/mol. The molecule has 0 spiro atoms. The Hall–Kier alpha value is -1.58. The molecule has 0 N–H and O–H groups in total. The monoisotopic (exact) mass is 252 g/mol. The minimum absolute atomic E-state index is 0.00282. The van der Waals surface area contributed by atoms with E-state index < -0.39 is 17.4 Å². The summed E-state index contributed by atoms with van der Waals surface area (Å²) in [4.78, 5) is 24.0. The molecule has 0 aliphatic heterocycles. The number of carbonyl (C=O) groups is 2. The zero-order chi connectivity index (χ0) is 13.9. The molecular formula is C14H20O4. The van der Waals surface area contributed by atoms with Crippen molar-refractivity contribution in [3.63, 3.8) is 0 Å². The summed E-state index contributed by atoms with van der Waals surface area (Å²) in [6.07, 6.45) is 2.47. The first-order chi connectivity index (χ1) is 8.42. The SMILES string of the molecule is C=CC1CC(C(=O)OC)(C(=O)OC)CC(C)=C1C. The molecule has 0 aromatic rings. The zero-order valence-electron chi connectivity index (χ0n) is 11.4. The fourth-order valence-corrected chi connectivity index (χ4v) is 2.55. The third-order valence-electron chi connectivity index (χ3n) is 3.80. The minimum Gasteiger partial charge on any atom is -0.468 e. The second-order valence-corrected chi connectivity index (χ2v) is 4.75. The van der Waals surface area contributed by atoms with E-state index in [-0.39, 0.29) is 5.92 Å². The Morgan fingerprint density at radius 3 is 2.17 bits per heavy atom. The van der Waals surface area contributed by atoms with Crippen molar-refractivity contribution in [2.75, 3.05) is 14.2 Å². The number of esters is 2. The van der Waals surface area contributed by atoms with Gasteiger partial charge in [-0.2, -0.15) is 0 Å². The van der Waals surface area contributed by atoms with E-state index in [0.29, 0.717) is 12.8 Å². The molecule has 1 rings (SSSR count). The van der Waals surface area contributed by atoms with E-state index in [4.69, 9.17) is 9.47 Å². The van der Waals surface area contributed by atoms with Crippen molar-refractivity contribution in [1.82, 2.24) is 0 Å². The molecule has 4 nitrogen and oxygen atoms in total. The Balaban J connectivity index is 3.27. The van der Waals surface area contributed by atoms with E-state index in [1.807, 2.05) is 13.8 Å². The van der Waals surface area contributed by atoms with Crippen LogP contribution in [-0.4, -0.2) is 26.2 Å². The molecule has 0 saturated heterocycles. The average Bonchev–Trinajstić information content (AvgIpc) is 2.39. The average molecular weight is 252 g/mol. The van der Waals surface area contributed by atoms with Crippen molar-refractivity contribution in [3.05, 3.63) is 23.8 Å². The first-order valence-corrected chi connectivity index (χ1v) is 5.88. The van der Waals surface area contributed by atoms with Crippen LogP contribution in [-0.2, 0) is 19.1 Å². The highest BCUT2D eigenvalue weighted by molar-refractivity contribution is 6.00. The maximum absolute atomic E-state index is 12.0. The standard InChI is InChI=1S/C14H20O4/c1-6-11-8-14(12(15)17-4,13(16)18-5)7-9(2)10(11)3/h6,11H,1,7-8H2,2-5H3. The van der Waals surface area contributed by atoms with Gasteiger partial charge in [-0.15, -0.1) is 6.58 Å². The highest BCUT2D eigenvalue weighted by Crippen LogP contribution is 2.44. The first-order valence-electron chi connectivity index (χ1n) is 5.88. The molecule has 100 valence electrons. The minimum atomic E-state index is -1.23. The summed E-state index contributed by atoms with van der Waals surface area (Å²) in [6, 6.07) is 0. The van der Waals surface area contributed by atoms with Crippen LogP contribution < -0.4 is 0 Å². The van der Waals surface area contributed by atoms with Crippen molar-refractivity contribution in [2.24, 2.45) is 11.3 Å². The largest absolute Gasteiger partial charge is 0.468 e. The third kappa shape index (κ3) is 2.19. The Kier molecular flexibility index (Phi) is 4.33. The molecule has 0 fully saturated rings. The van der Waals surface area contributed by atoms with Gasteiger partial charge in [0.05, 0.1) is 14.2 Å². The fourth-order valence-electron chi connectivity index (χ4n) is 2.55. The number of hydrogen-bond acceptors (Lipinski definition) is 4. The van der Waals surface area contributed by atoms with Gasteiger partial charge >= 0.3 is 11.9 Å². The van der Waals surface area contributed by atoms with Crippen molar-refractivity contribution in [3.8, 4) is 0 Å². The lowest BCUT2D eigenvalue weighted by Crippen LogP contribution is -2.45. The summed E-state index contributed by atoms with van der Waals surface area (Å²) in [7, 11) is 2.58. The van der Waals surface area contributed by atoms with Gasteiger partial charge in [0.1, 0.15) is 0 Å². The Labute approximate surface area is 108 Å². The van der Waals surface area contributed by atoms with Crippen molar-refractivity contribution >= 4 is 11.9 Å². The number of methoxy groups -OCH3 is 2. The number of ether oxygens (including phenoxy) is 2. The van der Waals surface area contributed by atoms with E-state index >= 15 is 0 Å². The fraction of sp³-hybridized carbons (Fsp3) is 0.571. The van der Waals surface area contributed by atoms with E-state index in [9.17, 15) is 9.59 Å². The number of hydrogen-bond donors (Lipinski definition) is 0. The zero-order valence-corrected chi connectivity index (χ0v) is 11.4. The molecule has 0 aromatic carbocycles. The summed E-state index contributed by atoms with van der Waals surface area (Å²) in [5, 5.41) is 0.